The summed E-state index contributed by atoms with van der Waals surface area (Å²) in [6, 6.07) is 1.79. The van der Waals surface area contributed by atoms with Gasteiger partial charge in [-0.15, -0.1) is 0 Å². The largest absolute Gasteiger partial charge is 0.479 e. The van der Waals surface area contributed by atoms with E-state index < -0.39 is 32.7 Å². The summed E-state index contributed by atoms with van der Waals surface area (Å²) >= 11 is 3.02. The van der Waals surface area contributed by atoms with Gasteiger partial charge in [0.25, 0.3) is 5.91 Å². The Kier molecular flexibility index (Phi) is 4.88. The number of ether oxygens (including phenoxy) is 1. The maximum absolute atomic E-state index is 13.6. The predicted molar refractivity (Wildman–Crippen MR) is 69.4 cm³/mol. The molecule has 0 aliphatic heterocycles. The Balaban J connectivity index is 3.20. The Morgan fingerprint density at radius 3 is 2.53 bits per heavy atom. The molecule has 0 aliphatic carbocycles. The Morgan fingerprint density at radius 2 is 2.11 bits per heavy atom. The fraction of sp³-hybridized carbons (Fsp3) is 0.300. The van der Waals surface area contributed by atoms with E-state index in [9.17, 15) is 17.6 Å². The Morgan fingerprint density at radius 1 is 1.53 bits per heavy atom. The van der Waals surface area contributed by atoms with Gasteiger partial charge >= 0.3 is 0 Å². The maximum atomic E-state index is 13.6. The standard InChI is InChI=1S/C10H12BrFN2O4S/c1-2-7(10(13)15)18-8-4-6(12)9(3-5(8)11)19(14,16)17/h3-4,7H,2H2,1H3,(H2,13,15)(H2,14,16,17). The monoisotopic (exact) mass is 354 g/mol. The van der Waals surface area contributed by atoms with E-state index in [1.54, 1.807) is 6.92 Å². The minimum absolute atomic E-state index is 0.0319. The molecule has 1 aromatic rings. The van der Waals surface area contributed by atoms with E-state index in [4.69, 9.17) is 15.6 Å². The van der Waals surface area contributed by atoms with E-state index >= 15 is 0 Å². The van der Waals surface area contributed by atoms with Crippen LogP contribution in [0.1, 0.15) is 13.3 Å². The molecule has 1 amide bonds. The van der Waals surface area contributed by atoms with Crippen molar-refractivity contribution in [2.24, 2.45) is 10.9 Å². The van der Waals surface area contributed by atoms with Gasteiger partial charge in [-0.3, -0.25) is 4.79 Å². The average molecular weight is 355 g/mol. The Labute approximate surface area is 118 Å². The number of primary amides is 1. The first kappa shape index (κ1) is 15.9. The van der Waals surface area contributed by atoms with Crippen LogP contribution in [0, 0.1) is 5.82 Å². The summed E-state index contributed by atoms with van der Waals surface area (Å²) in [5, 5.41) is 4.85. The molecular formula is C10H12BrFN2O4S. The van der Waals surface area contributed by atoms with Gasteiger partial charge in [0.05, 0.1) is 4.47 Å². The van der Waals surface area contributed by atoms with Crippen molar-refractivity contribution in [3.05, 3.63) is 22.4 Å². The lowest BCUT2D eigenvalue weighted by Crippen LogP contribution is -2.33. The molecule has 19 heavy (non-hydrogen) atoms. The molecule has 0 spiro atoms. The van der Waals surface area contributed by atoms with Crippen LogP contribution in [0.3, 0.4) is 0 Å². The van der Waals surface area contributed by atoms with Gasteiger partial charge in [-0.05, 0) is 28.4 Å². The number of carbonyl (C=O) groups is 1. The number of carbonyl (C=O) groups excluding carboxylic acids is 1. The van der Waals surface area contributed by atoms with E-state index in [2.05, 4.69) is 15.9 Å². The van der Waals surface area contributed by atoms with E-state index in [0.29, 0.717) is 6.42 Å². The van der Waals surface area contributed by atoms with Gasteiger partial charge in [0.1, 0.15) is 16.5 Å². The van der Waals surface area contributed by atoms with Crippen LogP contribution in [0.25, 0.3) is 0 Å². The third kappa shape index (κ3) is 3.88. The van der Waals surface area contributed by atoms with Crippen LogP contribution in [-0.2, 0) is 14.8 Å². The number of hydrogen-bond donors (Lipinski definition) is 2. The highest BCUT2D eigenvalue weighted by atomic mass is 79.9. The number of benzene rings is 1. The third-order valence-electron chi connectivity index (χ3n) is 2.25. The van der Waals surface area contributed by atoms with Crippen LogP contribution < -0.4 is 15.6 Å². The van der Waals surface area contributed by atoms with Crippen molar-refractivity contribution in [1.82, 2.24) is 0 Å². The summed E-state index contributed by atoms with van der Waals surface area (Å²) in [5.74, 6) is -1.80. The van der Waals surface area contributed by atoms with Crippen molar-refractivity contribution >= 4 is 31.9 Å². The number of halogens is 2. The number of sulfonamides is 1. The summed E-state index contributed by atoms with van der Waals surface area (Å²) in [6.07, 6.45) is -0.642. The zero-order valence-electron chi connectivity index (χ0n) is 9.89. The van der Waals surface area contributed by atoms with Gasteiger partial charge in [0.15, 0.2) is 6.10 Å². The third-order valence-corrected chi connectivity index (χ3v) is 3.80. The van der Waals surface area contributed by atoms with Gasteiger partial charge in [-0.25, -0.2) is 17.9 Å². The van der Waals surface area contributed by atoms with Gasteiger partial charge in [0, 0.05) is 6.07 Å². The lowest BCUT2D eigenvalue weighted by Gasteiger charge is -2.16. The van der Waals surface area contributed by atoms with Gasteiger partial charge in [0.2, 0.25) is 10.0 Å². The lowest BCUT2D eigenvalue weighted by atomic mass is 10.2. The number of primary sulfonamides is 1. The molecule has 1 rings (SSSR count). The molecule has 1 atom stereocenters. The van der Waals surface area contributed by atoms with Crippen molar-refractivity contribution in [2.45, 2.75) is 24.3 Å². The second-order valence-electron chi connectivity index (χ2n) is 3.68. The van der Waals surface area contributed by atoms with Crippen molar-refractivity contribution < 1.29 is 22.3 Å². The fourth-order valence-electron chi connectivity index (χ4n) is 1.31. The average Bonchev–Trinajstić information content (AvgIpc) is 2.27. The molecule has 0 fully saturated rings. The van der Waals surface area contributed by atoms with Gasteiger partial charge in [-0.1, -0.05) is 6.92 Å². The molecule has 0 aromatic heterocycles. The maximum Gasteiger partial charge on any atom is 0.258 e. The summed E-state index contributed by atoms with van der Waals surface area (Å²) in [5.41, 5.74) is 5.09. The summed E-state index contributed by atoms with van der Waals surface area (Å²) in [7, 11) is -4.18. The number of nitrogens with two attached hydrogens (primary N) is 2. The molecule has 0 radical (unpaired) electrons. The number of rotatable bonds is 5. The van der Waals surface area contributed by atoms with E-state index in [1.807, 2.05) is 0 Å². The van der Waals surface area contributed by atoms with E-state index in [0.717, 1.165) is 12.1 Å². The quantitative estimate of drug-likeness (QED) is 0.816. The van der Waals surface area contributed by atoms with Crippen LogP contribution in [0.4, 0.5) is 4.39 Å². The first-order valence-electron chi connectivity index (χ1n) is 5.14. The molecule has 106 valence electrons. The van der Waals surface area contributed by atoms with Crippen molar-refractivity contribution in [1.29, 1.82) is 0 Å². The molecule has 1 aromatic carbocycles. The zero-order chi connectivity index (χ0) is 14.8. The number of amides is 1. The molecule has 6 nitrogen and oxygen atoms in total. The summed E-state index contributed by atoms with van der Waals surface area (Å²) in [6.45, 7) is 1.67. The Hall–Kier alpha value is -1.19. The van der Waals surface area contributed by atoms with Gasteiger partial charge < -0.3 is 10.5 Å². The first-order valence-corrected chi connectivity index (χ1v) is 7.48. The molecule has 0 saturated heterocycles. The topological polar surface area (TPSA) is 112 Å². The molecule has 0 heterocycles. The second kappa shape index (κ2) is 5.85. The molecular weight excluding hydrogens is 343 g/mol. The fourth-order valence-corrected chi connectivity index (χ4v) is 2.52. The van der Waals surface area contributed by atoms with Crippen molar-refractivity contribution in [2.75, 3.05) is 0 Å². The van der Waals surface area contributed by atoms with Crippen LogP contribution >= 0.6 is 15.9 Å². The molecule has 9 heteroatoms. The minimum Gasteiger partial charge on any atom is -0.479 e. The highest BCUT2D eigenvalue weighted by Gasteiger charge is 2.21. The van der Waals surface area contributed by atoms with Crippen LogP contribution in [0.2, 0.25) is 0 Å². The molecule has 0 saturated carbocycles. The SMILES string of the molecule is CCC(Oc1cc(F)c(S(N)(=O)=O)cc1Br)C(N)=O. The van der Waals surface area contributed by atoms with Crippen LogP contribution in [-0.4, -0.2) is 20.4 Å². The molecule has 4 N–H and O–H groups in total. The Bertz CT molecular complexity index is 606. The highest BCUT2D eigenvalue weighted by Crippen LogP contribution is 2.30. The lowest BCUT2D eigenvalue weighted by molar-refractivity contribution is -0.124. The van der Waals surface area contributed by atoms with Gasteiger partial charge in [-0.2, -0.15) is 0 Å². The van der Waals surface area contributed by atoms with Crippen LogP contribution in [0.15, 0.2) is 21.5 Å². The predicted octanol–water partition coefficient (Wildman–Crippen LogP) is 0.878. The van der Waals surface area contributed by atoms with E-state index in [-0.39, 0.29) is 10.2 Å². The van der Waals surface area contributed by atoms with Crippen molar-refractivity contribution in [3.8, 4) is 5.75 Å². The summed E-state index contributed by atoms with van der Waals surface area (Å²) < 4.78 is 41.2. The molecule has 0 aliphatic rings. The number of hydrogen-bond acceptors (Lipinski definition) is 4. The summed E-state index contributed by atoms with van der Waals surface area (Å²) in [4.78, 5) is 10.4. The molecule has 1 unspecified atom stereocenters. The van der Waals surface area contributed by atoms with Crippen molar-refractivity contribution in [3.63, 3.8) is 0 Å². The smallest absolute Gasteiger partial charge is 0.258 e. The van der Waals surface area contributed by atoms with E-state index in [1.165, 1.54) is 0 Å². The molecule has 0 bridgehead atoms. The van der Waals surface area contributed by atoms with Crippen LogP contribution in [0.5, 0.6) is 5.75 Å². The highest BCUT2D eigenvalue weighted by molar-refractivity contribution is 9.10. The minimum atomic E-state index is -4.18. The first-order chi connectivity index (χ1) is 8.66. The zero-order valence-corrected chi connectivity index (χ0v) is 12.3. The normalized spacial score (nSPS) is 13.1. The second-order valence-corrected chi connectivity index (χ2v) is 6.06.